The first-order valence-corrected chi connectivity index (χ1v) is 10.8. The molecule has 0 radical (unpaired) electrons. The quantitative estimate of drug-likeness (QED) is 0.290. The molecule has 0 aliphatic rings. The number of nitrogens with two attached hydrogens (primary N) is 1. The van der Waals surface area contributed by atoms with Gasteiger partial charge in [0, 0.05) is 17.4 Å². The summed E-state index contributed by atoms with van der Waals surface area (Å²) in [6, 6.07) is 15.7. The predicted molar refractivity (Wildman–Crippen MR) is 129 cm³/mol. The third kappa shape index (κ3) is 4.71. The average Bonchev–Trinajstić information content (AvgIpc) is 3.24. The fourth-order valence-corrected chi connectivity index (χ4v) is 3.49. The Morgan fingerprint density at radius 2 is 1.57 bits per heavy atom. The Hall–Kier alpha value is -4.25. The zero-order chi connectivity index (χ0) is 25.2. The monoisotopic (exact) mass is 474 g/mol. The number of hydrogen-bond donors (Lipinski definition) is 4. The molecule has 178 valence electrons. The van der Waals surface area contributed by atoms with Gasteiger partial charge in [-0.3, -0.25) is 9.55 Å². The van der Waals surface area contributed by atoms with Crippen LogP contribution in [0.3, 0.4) is 0 Å². The molecule has 0 fully saturated rings. The van der Waals surface area contributed by atoms with Crippen molar-refractivity contribution in [3.8, 4) is 28.5 Å². The van der Waals surface area contributed by atoms with Crippen LogP contribution in [0.4, 0.5) is 10.2 Å². The summed E-state index contributed by atoms with van der Waals surface area (Å²) in [4.78, 5) is 17.6. The number of halogens is 1. The molecule has 10 heteroatoms. The van der Waals surface area contributed by atoms with Crippen molar-refractivity contribution in [1.82, 2.24) is 24.5 Å². The molecular weight excluding hydrogens is 451 g/mol. The molecule has 0 saturated carbocycles. The summed E-state index contributed by atoms with van der Waals surface area (Å²) in [7, 11) is 0. The van der Waals surface area contributed by atoms with E-state index >= 15 is 0 Å². The number of aliphatic hydroxyl groups is 3. The maximum absolute atomic E-state index is 13.3. The first kappa shape index (κ1) is 23.9. The summed E-state index contributed by atoms with van der Waals surface area (Å²) in [6.45, 7) is 4.00. The third-order valence-electron chi connectivity index (χ3n) is 5.09. The SMILES string of the molecule is CC.Nc1ncccc1-c1nc2ccc(-c3ccc(F)cn3)nc2n1-c1ccc(C(O)(O)O)cc1. The Bertz CT molecular complexity index is 1460. The molecule has 0 bridgehead atoms. The molecule has 0 saturated heterocycles. The number of fused-ring (bicyclic) bond motifs is 1. The summed E-state index contributed by atoms with van der Waals surface area (Å²) < 4.78 is 15.0. The molecule has 9 nitrogen and oxygen atoms in total. The maximum Gasteiger partial charge on any atom is 0.304 e. The van der Waals surface area contributed by atoms with E-state index in [1.807, 2.05) is 13.8 Å². The summed E-state index contributed by atoms with van der Waals surface area (Å²) in [6.07, 6.45) is 2.68. The van der Waals surface area contributed by atoms with E-state index in [0.717, 1.165) is 6.20 Å². The summed E-state index contributed by atoms with van der Waals surface area (Å²) in [5.74, 6) is -2.69. The molecule has 0 aliphatic carbocycles. The lowest BCUT2D eigenvalue weighted by molar-refractivity contribution is -0.323. The van der Waals surface area contributed by atoms with Gasteiger partial charge in [-0.05, 0) is 60.7 Å². The Balaban J connectivity index is 0.00000141. The summed E-state index contributed by atoms with van der Waals surface area (Å²) in [5.41, 5.74) is 9.15. The number of benzene rings is 1. The van der Waals surface area contributed by atoms with Crippen molar-refractivity contribution < 1.29 is 19.7 Å². The molecule has 0 atom stereocenters. The molecule has 1 aromatic carbocycles. The standard InChI is InChI=1S/C23H17FN6O3.C2H6/c24-14-5-8-17(27-12-14)18-9-10-19-22(28-18)30(15-6-3-13(4-7-15)23(31,32)33)21(29-19)16-2-1-11-26-20(16)25;1-2/h1-12,31-33H,(H2,25,26);1-2H3. The van der Waals surface area contributed by atoms with Crippen molar-refractivity contribution in [2.75, 3.05) is 5.73 Å². The zero-order valence-corrected chi connectivity index (χ0v) is 19.0. The fraction of sp³-hybridized carbons (Fsp3) is 0.120. The Morgan fingerprint density at radius 1 is 0.857 bits per heavy atom. The highest BCUT2D eigenvalue weighted by molar-refractivity contribution is 5.84. The molecule has 5 aromatic rings. The smallest absolute Gasteiger partial charge is 0.304 e. The van der Waals surface area contributed by atoms with Gasteiger partial charge in [-0.15, -0.1) is 0 Å². The van der Waals surface area contributed by atoms with E-state index in [4.69, 9.17) is 15.7 Å². The largest absolute Gasteiger partial charge is 0.383 e. The van der Waals surface area contributed by atoms with Crippen LogP contribution in [0.2, 0.25) is 0 Å². The fourth-order valence-electron chi connectivity index (χ4n) is 3.49. The number of hydrogen-bond acceptors (Lipinski definition) is 8. The number of rotatable bonds is 4. The van der Waals surface area contributed by atoms with Crippen molar-refractivity contribution in [2.24, 2.45) is 0 Å². The minimum atomic E-state index is -2.97. The molecule has 0 amide bonds. The highest BCUT2D eigenvalue weighted by atomic mass is 19.1. The van der Waals surface area contributed by atoms with E-state index in [2.05, 4.69) is 9.97 Å². The van der Waals surface area contributed by atoms with E-state index in [1.54, 1.807) is 47.2 Å². The Morgan fingerprint density at radius 3 is 2.20 bits per heavy atom. The summed E-state index contributed by atoms with van der Waals surface area (Å²) >= 11 is 0. The second-order valence-corrected chi connectivity index (χ2v) is 7.29. The van der Waals surface area contributed by atoms with E-state index in [9.17, 15) is 19.7 Å². The summed E-state index contributed by atoms with van der Waals surface area (Å²) in [5, 5.41) is 28.4. The van der Waals surface area contributed by atoms with Gasteiger partial charge in [0.25, 0.3) is 0 Å². The van der Waals surface area contributed by atoms with Crippen LogP contribution in [0.25, 0.3) is 39.6 Å². The van der Waals surface area contributed by atoms with Gasteiger partial charge in [0.2, 0.25) is 0 Å². The molecular formula is C25H23FN6O3. The van der Waals surface area contributed by atoms with E-state index in [0.29, 0.717) is 39.6 Å². The first-order chi connectivity index (χ1) is 16.8. The van der Waals surface area contributed by atoms with E-state index in [1.165, 1.54) is 24.3 Å². The number of anilines is 1. The lowest BCUT2D eigenvalue weighted by Gasteiger charge is -2.15. The van der Waals surface area contributed by atoms with Crippen LogP contribution in [0.1, 0.15) is 19.4 Å². The molecule has 0 aliphatic heterocycles. The molecule has 4 heterocycles. The number of nitrogens with zero attached hydrogens (tertiary/aromatic N) is 5. The van der Waals surface area contributed by atoms with Gasteiger partial charge < -0.3 is 21.1 Å². The molecule has 5 N–H and O–H groups in total. The van der Waals surface area contributed by atoms with Crippen LogP contribution < -0.4 is 5.73 Å². The normalized spacial score (nSPS) is 11.3. The van der Waals surface area contributed by atoms with Crippen LogP contribution in [0, 0.1) is 5.82 Å². The van der Waals surface area contributed by atoms with Gasteiger partial charge in [0.1, 0.15) is 17.2 Å². The van der Waals surface area contributed by atoms with E-state index < -0.39 is 11.8 Å². The Labute approximate surface area is 200 Å². The number of pyridine rings is 3. The molecule has 5 rings (SSSR count). The number of imidazole rings is 1. The maximum atomic E-state index is 13.3. The molecule has 0 spiro atoms. The highest BCUT2D eigenvalue weighted by Gasteiger charge is 2.23. The molecule has 35 heavy (non-hydrogen) atoms. The topological polar surface area (TPSA) is 143 Å². The van der Waals surface area contributed by atoms with Crippen LogP contribution in [-0.2, 0) is 5.97 Å². The van der Waals surface area contributed by atoms with Gasteiger partial charge in [0.05, 0.1) is 23.1 Å². The van der Waals surface area contributed by atoms with Gasteiger partial charge >= 0.3 is 5.97 Å². The van der Waals surface area contributed by atoms with Crippen molar-refractivity contribution in [3.63, 3.8) is 0 Å². The zero-order valence-electron chi connectivity index (χ0n) is 19.0. The van der Waals surface area contributed by atoms with Gasteiger partial charge in [0.15, 0.2) is 11.5 Å². The Kier molecular flexibility index (Phi) is 6.52. The third-order valence-corrected chi connectivity index (χ3v) is 5.09. The second kappa shape index (κ2) is 9.55. The minimum Gasteiger partial charge on any atom is -0.383 e. The lowest BCUT2D eigenvalue weighted by Crippen LogP contribution is -2.23. The van der Waals surface area contributed by atoms with Crippen molar-refractivity contribution >= 4 is 17.0 Å². The van der Waals surface area contributed by atoms with Gasteiger partial charge in [-0.25, -0.2) is 19.3 Å². The van der Waals surface area contributed by atoms with Crippen molar-refractivity contribution in [2.45, 2.75) is 19.8 Å². The molecule has 4 aromatic heterocycles. The van der Waals surface area contributed by atoms with Crippen LogP contribution >= 0.6 is 0 Å². The first-order valence-electron chi connectivity index (χ1n) is 10.8. The molecule has 0 unspecified atom stereocenters. The van der Waals surface area contributed by atoms with Crippen molar-refractivity contribution in [3.05, 3.63) is 84.4 Å². The average molecular weight is 474 g/mol. The van der Waals surface area contributed by atoms with E-state index in [-0.39, 0.29) is 11.4 Å². The second-order valence-electron chi connectivity index (χ2n) is 7.29. The predicted octanol–water partition coefficient (Wildman–Crippen LogP) is 3.38. The van der Waals surface area contributed by atoms with Crippen LogP contribution in [0.15, 0.2) is 73.1 Å². The highest BCUT2D eigenvalue weighted by Crippen LogP contribution is 2.32. The minimum absolute atomic E-state index is 0.109. The van der Waals surface area contributed by atoms with Crippen LogP contribution in [0.5, 0.6) is 0 Å². The lowest BCUT2D eigenvalue weighted by atomic mass is 10.1. The van der Waals surface area contributed by atoms with Crippen molar-refractivity contribution in [1.29, 1.82) is 0 Å². The number of aromatic nitrogens is 5. The number of nitrogen functional groups attached to an aromatic ring is 1. The van der Waals surface area contributed by atoms with Crippen LogP contribution in [-0.4, -0.2) is 39.8 Å². The van der Waals surface area contributed by atoms with Gasteiger partial charge in [-0.2, -0.15) is 0 Å². The van der Waals surface area contributed by atoms with Gasteiger partial charge in [-0.1, -0.05) is 13.8 Å².